The number of amides is 4. The number of nitrogens with zero attached hydrogens (tertiary/aromatic N) is 7. The molecule has 2 aromatic heterocycles. The maximum absolute atomic E-state index is 13.9. The monoisotopic (exact) mass is 836 g/mol. The molecule has 2 heterocycles. The Morgan fingerprint density at radius 3 is 1.81 bits per heavy atom. The SMILES string of the molecule is Cc1c(NC(=O)C(Cc2ccccc2)NC(=O)c2ccccc2)cccc1-[n+]1ccn(-c2cccc(C(=O)NC(Cc3ccccc3)C(=O)Nc3ccccc3-n3cnnn3)c2)n1. The Labute approximate surface area is 362 Å². The summed E-state index contributed by atoms with van der Waals surface area (Å²) in [4.78, 5) is 54.9. The summed E-state index contributed by atoms with van der Waals surface area (Å²) < 4.78 is 4.74. The lowest BCUT2D eigenvalue weighted by Crippen LogP contribution is -2.45. The van der Waals surface area contributed by atoms with Crippen LogP contribution in [-0.4, -0.2) is 65.8 Å². The highest BCUT2D eigenvalue weighted by molar-refractivity contribution is 6.03. The highest BCUT2D eigenvalue weighted by atomic mass is 16.2. The van der Waals surface area contributed by atoms with Crippen molar-refractivity contribution in [3.63, 3.8) is 0 Å². The molecule has 6 aromatic carbocycles. The average Bonchev–Trinajstić information content (AvgIpc) is 4.05. The first-order valence-corrected chi connectivity index (χ1v) is 20.2. The van der Waals surface area contributed by atoms with Crippen molar-refractivity contribution in [1.82, 2.24) is 40.7 Å². The largest absolute Gasteiger partial charge is 0.340 e. The fraction of sp³-hybridized carbons (Fsp3) is 0.104. The van der Waals surface area contributed by atoms with Crippen molar-refractivity contribution in [2.24, 2.45) is 0 Å². The van der Waals surface area contributed by atoms with Gasteiger partial charge in [-0.1, -0.05) is 103 Å². The van der Waals surface area contributed by atoms with E-state index in [0.717, 1.165) is 16.7 Å². The number of rotatable bonds is 15. The molecule has 8 rings (SSSR count). The van der Waals surface area contributed by atoms with Crippen molar-refractivity contribution >= 4 is 35.0 Å². The zero-order valence-corrected chi connectivity index (χ0v) is 34.1. The van der Waals surface area contributed by atoms with E-state index < -0.39 is 23.9 Å². The second-order valence-electron chi connectivity index (χ2n) is 14.6. The van der Waals surface area contributed by atoms with Gasteiger partial charge >= 0.3 is 0 Å². The molecule has 0 saturated heterocycles. The molecule has 15 nitrogen and oxygen atoms in total. The number of hydrogen-bond donors (Lipinski definition) is 4. The standard InChI is InChI=1S/C48H41N11O4/c1-33-39(50-47(62)41(29-34-15-5-2-6-16-34)52-45(60)36-19-9-4-10-20-36)24-14-26-43(33)58-28-27-57(56-58)38-22-13-21-37(31-38)46(61)53-42(30-35-17-7-3-8-18-35)48(63)51-40-23-11-12-25-44(40)59-32-49-54-55-59/h2-28,31-32,41-42H,29-30H2,1H3,(H3-,50,51,52,53,60,61,62,63)/p+1. The third-order valence-electron chi connectivity index (χ3n) is 10.3. The van der Waals surface area contributed by atoms with Crippen LogP contribution in [0.25, 0.3) is 17.1 Å². The quantitative estimate of drug-likeness (QED) is 0.0992. The maximum Gasteiger partial charge on any atom is 0.252 e. The van der Waals surface area contributed by atoms with E-state index in [-0.39, 0.29) is 18.2 Å². The van der Waals surface area contributed by atoms with E-state index in [4.69, 9.17) is 5.21 Å². The van der Waals surface area contributed by atoms with E-state index >= 15 is 0 Å². The molecular formula is C48H42N11O4+. The lowest BCUT2D eigenvalue weighted by Gasteiger charge is -2.20. The van der Waals surface area contributed by atoms with Gasteiger partial charge in [0, 0.05) is 41.3 Å². The van der Waals surface area contributed by atoms with E-state index in [1.54, 1.807) is 88.5 Å². The van der Waals surface area contributed by atoms with E-state index in [0.29, 0.717) is 46.0 Å². The van der Waals surface area contributed by atoms with Crippen molar-refractivity contribution in [3.05, 3.63) is 204 Å². The Kier molecular flexibility index (Phi) is 12.5. The molecule has 63 heavy (non-hydrogen) atoms. The molecule has 0 saturated carbocycles. The first-order valence-electron chi connectivity index (χ1n) is 20.2. The van der Waals surface area contributed by atoms with E-state index in [1.165, 1.54) is 11.0 Å². The second-order valence-corrected chi connectivity index (χ2v) is 14.6. The normalized spacial score (nSPS) is 11.8. The number of hydrogen-bond acceptors (Lipinski definition) is 8. The van der Waals surface area contributed by atoms with Crippen LogP contribution in [0.5, 0.6) is 0 Å². The number of para-hydroxylation sites is 2. The molecule has 0 aliphatic rings. The van der Waals surface area contributed by atoms with Crippen molar-refractivity contribution in [3.8, 4) is 17.1 Å². The topological polar surface area (TPSA) is 182 Å². The van der Waals surface area contributed by atoms with Gasteiger partial charge in [0.2, 0.25) is 11.8 Å². The Bertz CT molecular complexity index is 2850. The maximum atomic E-state index is 13.9. The van der Waals surface area contributed by atoms with Crippen LogP contribution in [0, 0.1) is 6.92 Å². The van der Waals surface area contributed by atoms with Gasteiger partial charge in [-0.25, -0.2) is 0 Å². The van der Waals surface area contributed by atoms with Gasteiger partial charge < -0.3 is 21.3 Å². The highest BCUT2D eigenvalue weighted by Gasteiger charge is 2.26. The molecule has 4 amide bonds. The highest BCUT2D eigenvalue weighted by Crippen LogP contribution is 2.22. The molecule has 0 spiro atoms. The van der Waals surface area contributed by atoms with Crippen molar-refractivity contribution in [2.75, 3.05) is 10.6 Å². The predicted molar refractivity (Wildman–Crippen MR) is 235 cm³/mol. The Hall–Kier alpha value is -8.59. The summed E-state index contributed by atoms with van der Waals surface area (Å²) >= 11 is 0. The van der Waals surface area contributed by atoms with Crippen LogP contribution in [0.3, 0.4) is 0 Å². The summed E-state index contributed by atoms with van der Waals surface area (Å²) in [5.41, 5.74) is 6.16. The first kappa shape index (κ1) is 41.2. The van der Waals surface area contributed by atoms with Gasteiger partial charge in [-0.3, -0.25) is 19.2 Å². The minimum absolute atomic E-state index is 0.235. The fourth-order valence-electron chi connectivity index (χ4n) is 7.03. The van der Waals surface area contributed by atoms with E-state index in [2.05, 4.69) is 36.8 Å². The van der Waals surface area contributed by atoms with Crippen LogP contribution in [0.4, 0.5) is 11.4 Å². The van der Waals surface area contributed by atoms with Crippen LogP contribution in [0.1, 0.15) is 37.4 Å². The summed E-state index contributed by atoms with van der Waals surface area (Å²) in [7, 11) is 0. The zero-order valence-electron chi connectivity index (χ0n) is 34.1. The molecule has 2 atom stereocenters. The zero-order chi connectivity index (χ0) is 43.5. The van der Waals surface area contributed by atoms with Crippen LogP contribution < -0.4 is 25.9 Å². The molecule has 312 valence electrons. The van der Waals surface area contributed by atoms with Gasteiger partial charge in [-0.05, 0) is 77.0 Å². The number of tetrazole rings is 1. The van der Waals surface area contributed by atoms with Crippen LogP contribution in [-0.2, 0) is 22.4 Å². The molecule has 0 aliphatic carbocycles. The number of benzene rings is 6. The molecule has 15 heteroatoms. The van der Waals surface area contributed by atoms with Gasteiger partial charge in [0.1, 0.15) is 23.6 Å². The lowest BCUT2D eigenvalue weighted by molar-refractivity contribution is -0.661. The molecule has 0 radical (unpaired) electrons. The molecule has 8 aromatic rings. The number of nitrogens with one attached hydrogen (secondary N) is 4. The summed E-state index contributed by atoms with van der Waals surface area (Å²) in [6.45, 7) is 1.88. The Morgan fingerprint density at radius 1 is 0.603 bits per heavy atom. The van der Waals surface area contributed by atoms with Gasteiger partial charge in [-0.15, -0.1) is 14.5 Å². The average molecular weight is 837 g/mol. The van der Waals surface area contributed by atoms with Crippen molar-refractivity contribution in [2.45, 2.75) is 31.8 Å². The van der Waals surface area contributed by atoms with Gasteiger partial charge in [0.25, 0.3) is 11.8 Å². The molecule has 0 fully saturated rings. The number of anilines is 2. The third kappa shape index (κ3) is 10.1. The number of carbonyl (C=O) groups excluding carboxylic acids is 4. The predicted octanol–water partition coefficient (Wildman–Crippen LogP) is 5.39. The fourth-order valence-corrected chi connectivity index (χ4v) is 7.03. The lowest BCUT2D eigenvalue weighted by atomic mass is 10.0. The Balaban J connectivity index is 0.986. The summed E-state index contributed by atoms with van der Waals surface area (Å²) in [6.07, 6.45) is 5.48. The van der Waals surface area contributed by atoms with Crippen LogP contribution >= 0.6 is 0 Å². The molecule has 4 N–H and O–H groups in total. The first-order chi connectivity index (χ1) is 30.8. The Morgan fingerprint density at radius 2 is 1.16 bits per heavy atom. The smallest absolute Gasteiger partial charge is 0.252 e. The molecule has 0 aliphatic heterocycles. The molecule has 2 unspecified atom stereocenters. The van der Waals surface area contributed by atoms with Crippen molar-refractivity contribution in [1.29, 1.82) is 0 Å². The van der Waals surface area contributed by atoms with Gasteiger partial charge in [0.15, 0.2) is 23.8 Å². The molecular weight excluding hydrogens is 795 g/mol. The van der Waals surface area contributed by atoms with E-state index in [9.17, 15) is 19.2 Å². The summed E-state index contributed by atoms with van der Waals surface area (Å²) in [5.74, 6) is -1.59. The van der Waals surface area contributed by atoms with Gasteiger partial charge in [0.05, 0.1) is 11.4 Å². The van der Waals surface area contributed by atoms with Crippen molar-refractivity contribution < 1.29 is 23.9 Å². The molecule has 0 bridgehead atoms. The minimum atomic E-state index is -0.943. The summed E-state index contributed by atoms with van der Waals surface area (Å²) in [5, 5.41) is 28.0. The number of aromatic nitrogens is 7. The summed E-state index contributed by atoms with van der Waals surface area (Å²) in [6, 6.07) is 45.5. The van der Waals surface area contributed by atoms with Crippen LogP contribution in [0.15, 0.2) is 176 Å². The van der Waals surface area contributed by atoms with Crippen LogP contribution in [0.2, 0.25) is 0 Å². The minimum Gasteiger partial charge on any atom is -0.340 e. The second kappa shape index (κ2) is 19.2. The number of carbonyl (C=O) groups is 4. The van der Waals surface area contributed by atoms with E-state index in [1.807, 2.05) is 97.9 Å². The third-order valence-corrected chi connectivity index (χ3v) is 10.3. The van der Waals surface area contributed by atoms with Gasteiger partial charge in [-0.2, -0.15) is 4.68 Å².